The number of nitrogens with zero attached hydrogens (tertiary/aromatic N) is 1. The molecule has 1 aromatic heterocycles. The first kappa shape index (κ1) is 17.5. The number of Topliss-reactive ketones (excluding diaryl/α,β-unsaturated/α-hetero) is 1. The molecule has 0 spiro atoms. The minimum absolute atomic E-state index is 0.0734. The standard InChI is InChI=1S/C21H20N2O3S/c1-14(2)13-23-19(12-15-6-5-8-18-16(15)10-11-22-18)21(24)17-7-3-4-9-20(17)27(23,25)26/h3-12,14,22H,13H2,1-2H3/b19-12-. The highest BCUT2D eigenvalue weighted by Gasteiger charge is 2.39. The number of fused-ring (bicyclic) bond motifs is 2. The van der Waals surface area contributed by atoms with Gasteiger partial charge in [0.2, 0.25) is 5.78 Å². The molecule has 0 unspecified atom stereocenters. The summed E-state index contributed by atoms with van der Waals surface area (Å²) in [4.78, 5) is 16.4. The average molecular weight is 380 g/mol. The van der Waals surface area contributed by atoms with Crippen LogP contribution in [0.5, 0.6) is 0 Å². The van der Waals surface area contributed by atoms with Gasteiger partial charge in [-0.25, -0.2) is 8.42 Å². The highest BCUT2D eigenvalue weighted by atomic mass is 32.2. The highest BCUT2D eigenvalue weighted by molar-refractivity contribution is 7.89. The van der Waals surface area contributed by atoms with E-state index in [2.05, 4.69) is 4.98 Å². The topological polar surface area (TPSA) is 70.2 Å². The zero-order valence-corrected chi connectivity index (χ0v) is 16.0. The lowest BCUT2D eigenvalue weighted by molar-refractivity contribution is 0.1000. The van der Waals surface area contributed by atoms with Crippen LogP contribution in [-0.4, -0.2) is 30.0 Å². The second-order valence-electron chi connectivity index (χ2n) is 7.07. The molecule has 1 aliphatic rings. The summed E-state index contributed by atoms with van der Waals surface area (Å²) >= 11 is 0. The molecule has 0 bridgehead atoms. The smallest absolute Gasteiger partial charge is 0.265 e. The molecule has 1 aliphatic heterocycles. The van der Waals surface area contributed by atoms with Crippen molar-refractivity contribution >= 4 is 32.8 Å². The summed E-state index contributed by atoms with van der Waals surface area (Å²) in [6.07, 6.45) is 3.52. The zero-order chi connectivity index (χ0) is 19.2. The van der Waals surface area contributed by atoms with Crippen molar-refractivity contribution in [1.82, 2.24) is 9.29 Å². The predicted octanol–water partition coefficient (Wildman–Crippen LogP) is 4.05. The van der Waals surface area contributed by atoms with E-state index in [9.17, 15) is 13.2 Å². The molecule has 1 N–H and O–H groups in total. The van der Waals surface area contributed by atoms with Crippen molar-refractivity contribution < 1.29 is 13.2 Å². The first-order valence-corrected chi connectivity index (χ1v) is 10.3. The Balaban J connectivity index is 1.97. The summed E-state index contributed by atoms with van der Waals surface area (Å²) in [5.41, 5.74) is 2.16. The zero-order valence-electron chi connectivity index (χ0n) is 15.1. The fraction of sp³-hybridized carbons (Fsp3) is 0.190. The molecule has 0 amide bonds. The third-order valence-electron chi connectivity index (χ3n) is 4.65. The van der Waals surface area contributed by atoms with E-state index in [1.165, 1.54) is 10.4 Å². The SMILES string of the molecule is CC(C)CN1/C(=C\c2cccc3[nH]ccc23)C(=O)c2ccccc2S1(=O)=O. The van der Waals surface area contributed by atoms with Crippen LogP contribution >= 0.6 is 0 Å². The second-order valence-corrected chi connectivity index (χ2v) is 8.90. The van der Waals surface area contributed by atoms with E-state index in [0.29, 0.717) is 0 Å². The van der Waals surface area contributed by atoms with Gasteiger partial charge in [0, 0.05) is 29.2 Å². The normalized spacial score (nSPS) is 17.7. The molecule has 138 valence electrons. The van der Waals surface area contributed by atoms with Crippen molar-refractivity contribution in [3.63, 3.8) is 0 Å². The molecule has 0 saturated heterocycles. The third kappa shape index (κ3) is 2.86. The molecular formula is C21H20N2O3S. The number of allylic oxidation sites excluding steroid dienone is 1. The molecule has 0 radical (unpaired) electrons. The van der Waals surface area contributed by atoms with Gasteiger partial charge in [-0.15, -0.1) is 0 Å². The number of nitrogens with one attached hydrogen (secondary N) is 1. The lowest BCUT2D eigenvalue weighted by Gasteiger charge is -2.32. The minimum Gasteiger partial charge on any atom is -0.361 e. The van der Waals surface area contributed by atoms with Crippen LogP contribution in [0.25, 0.3) is 17.0 Å². The van der Waals surface area contributed by atoms with E-state index in [4.69, 9.17) is 0 Å². The largest absolute Gasteiger partial charge is 0.361 e. The van der Waals surface area contributed by atoms with Gasteiger partial charge in [-0.3, -0.25) is 9.10 Å². The molecular weight excluding hydrogens is 360 g/mol. The Morgan fingerprint density at radius 3 is 2.63 bits per heavy atom. The molecule has 0 atom stereocenters. The van der Waals surface area contributed by atoms with Crippen LogP contribution in [0, 0.1) is 5.92 Å². The first-order valence-electron chi connectivity index (χ1n) is 8.84. The van der Waals surface area contributed by atoms with Crippen LogP contribution in [-0.2, 0) is 10.0 Å². The van der Waals surface area contributed by atoms with E-state index in [1.807, 2.05) is 44.3 Å². The number of hydrogen-bond donors (Lipinski definition) is 1. The second kappa shape index (κ2) is 6.39. The van der Waals surface area contributed by atoms with Crippen molar-refractivity contribution in [1.29, 1.82) is 0 Å². The third-order valence-corrected chi connectivity index (χ3v) is 6.49. The van der Waals surface area contributed by atoms with Gasteiger partial charge >= 0.3 is 0 Å². The Hall–Kier alpha value is -2.86. The Kier molecular flexibility index (Phi) is 4.15. The first-order chi connectivity index (χ1) is 12.9. The Morgan fingerprint density at radius 1 is 1.07 bits per heavy atom. The van der Waals surface area contributed by atoms with Crippen molar-refractivity contribution in [2.75, 3.05) is 6.54 Å². The maximum absolute atomic E-state index is 13.2. The van der Waals surface area contributed by atoms with Gasteiger partial charge < -0.3 is 4.98 Å². The number of benzene rings is 2. The van der Waals surface area contributed by atoms with Gasteiger partial charge in [0.15, 0.2) is 0 Å². The number of ketones is 1. The van der Waals surface area contributed by atoms with E-state index >= 15 is 0 Å². The number of H-pyrrole nitrogens is 1. The van der Waals surface area contributed by atoms with Crippen LogP contribution in [0.1, 0.15) is 29.8 Å². The molecule has 4 rings (SSSR count). The van der Waals surface area contributed by atoms with Crippen LogP contribution in [0.4, 0.5) is 0 Å². The number of carbonyl (C=O) groups is 1. The van der Waals surface area contributed by atoms with E-state index in [0.717, 1.165) is 16.5 Å². The van der Waals surface area contributed by atoms with Gasteiger partial charge in [-0.05, 0) is 41.8 Å². The quantitative estimate of drug-likeness (QED) is 0.697. The number of hydrogen-bond acceptors (Lipinski definition) is 3. The number of aromatic amines is 1. The Morgan fingerprint density at radius 2 is 1.85 bits per heavy atom. The lowest BCUT2D eigenvalue weighted by Crippen LogP contribution is -2.41. The van der Waals surface area contributed by atoms with Gasteiger partial charge in [0.25, 0.3) is 10.0 Å². The monoisotopic (exact) mass is 380 g/mol. The van der Waals surface area contributed by atoms with E-state index in [1.54, 1.807) is 24.3 Å². The summed E-state index contributed by atoms with van der Waals surface area (Å²) < 4.78 is 27.7. The maximum atomic E-state index is 13.2. The summed E-state index contributed by atoms with van der Waals surface area (Å²) in [6, 6.07) is 14.0. The van der Waals surface area contributed by atoms with Crippen molar-refractivity contribution in [2.45, 2.75) is 18.7 Å². The van der Waals surface area contributed by atoms with Gasteiger partial charge in [0.05, 0.1) is 4.90 Å². The molecule has 2 aromatic carbocycles. The lowest BCUT2D eigenvalue weighted by atomic mass is 10.0. The highest BCUT2D eigenvalue weighted by Crippen LogP contribution is 2.34. The molecule has 0 aliphatic carbocycles. The fourth-order valence-corrected chi connectivity index (χ4v) is 5.24. The van der Waals surface area contributed by atoms with E-state index < -0.39 is 10.0 Å². The Bertz CT molecular complexity index is 1170. The molecule has 2 heterocycles. The molecule has 5 nitrogen and oxygen atoms in total. The van der Waals surface area contributed by atoms with Crippen molar-refractivity contribution in [3.05, 3.63) is 71.6 Å². The Labute approximate surface area is 158 Å². The molecule has 6 heteroatoms. The average Bonchev–Trinajstić information content (AvgIpc) is 3.12. The number of sulfonamides is 1. The van der Waals surface area contributed by atoms with Crippen LogP contribution in [0.3, 0.4) is 0 Å². The van der Waals surface area contributed by atoms with Crippen molar-refractivity contribution in [2.24, 2.45) is 5.92 Å². The minimum atomic E-state index is -3.78. The van der Waals surface area contributed by atoms with E-state index in [-0.39, 0.29) is 34.4 Å². The molecule has 0 fully saturated rings. The van der Waals surface area contributed by atoms with Crippen LogP contribution < -0.4 is 0 Å². The fourth-order valence-electron chi connectivity index (χ4n) is 3.43. The predicted molar refractivity (Wildman–Crippen MR) is 106 cm³/mol. The van der Waals surface area contributed by atoms with Gasteiger partial charge in [0.1, 0.15) is 5.70 Å². The van der Waals surface area contributed by atoms with Crippen molar-refractivity contribution in [3.8, 4) is 0 Å². The molecule has 0 saturated carbocycles. The van der Waals surface area contributed by atoms with Crippen LogP contribution in [0.2, 0.25) is 0 Å². The summed E-state index contributed by atoms with van der Waals surface area (Å²) in [6.45, 7) is 4.12. The van der Waals surface area contributed by atoms with Gasteiger partial charge in [-0.1, -0.05) is 38.1 Å². The number of carbonyl (C=O) groups excluding carboxylic acids is 1. The summed E-state index contributed by atoms with van der Waals surface area (Å²) in [5, 5.41) is 0.943. The number of aromatic nitrogens is 1. The molecule has 27 heavy (non-hydrogen) atoms. The van der Waals surface area contributed by atoms with Gasteiger partial charge in [-0.2, -0.15) is 0 Å². The van der Waals surface area contributed by atoms with Crippen LogP contribution in [0.15, 0.2) is 65.3 Å². The summed E-state index contributed by atoms with van der Waals surface area (Å²) in [5.74, 6) is -0.196. The summed E-state index contributed by atoms with van der Waals surface area (Å²) in [7, 11) is -3.78. The number of rotatable bonds is 3. The molecule has 3 aromatic rings. The maximum Gasteiger partial charge on any atom is 0.265 e.